The highest BCUT2D eigenvalue weighted by molar-refractivity contribution is 8.13. The number of rotatable bonds is 3. The summed E-state index contributed by atoms with van der Waals surface area (Å²) in [6.07, 6.45) is 5.64. The minimum Gasteiger partial charge on any atom is -0.212 e. The molecular weight excluding hydrogens is 208 g/mol. The fraction of sp³-hybridized carbons (Fsp3) is 1.00. The van der Waals surface area contributed by atoms with E-state index in [1.807, 2.05) is 0 Å². The molecule has 0 aliphatic heterocycles. The molecule has 0 aromatic heterocycles. The first-order chi connectivity index (χ1) is 6.01. The van der Waals surface area contributed by atoms with Crippen molar-refractivity contribution in [1.29, 1.82) is 0 Å². The fourth-order valence-electron chi connectivity index (χ4n) is 2.09. The molecule has 0 atom stereocenters. The van der Waals surface area contributed by atoms with Crippen LogP contribution in [0.2, 0.25) is 0 Å². The van der Waals surface area contributed by atoms with Crippen LogP contribution < -0.4 is 0 Å². The molecule has 0 heterocycles. The highest BCUT2D eigenvalue weighted by Gasteiger charge is 2.23. The molecule has 4 heteroatoms. The van der Waals surface area contributed by atoms with Crippen LogP contribution in [0.4, 0.5) is 0 Å². The van der Waals surface area contributed by atoms with E-state index in [2.05, 4.69) is 6.92 Å². The Morgan fingerprint density at radius 1 is 1.15 bits per heavy atom. The van der Waals surface area contributed by atoms with Crippen molar-refractivity contribution in [3.05, 3.63) is 0 Å². The Bertz CT molecular complexity index is 240. The van der Waals surface area contributed by atoms with Crippen LogP contribution in [-0.2, 0) is 9.05 Å². The van der Waals surface area contributed by atoms with Gasteiger partial charge in [0, 0.05) is 10.7 Å². The maximum atomic E-state index is 10.8. The molecule has 1 aliphatic rings. The van der Waals surface area contributed by atoms with Crippen molar-refractivity contribution in [2.75, 3.05) is 5.75 Å². The van der Waals surface area contributed by atoms with Gasteiger partial charge in [0.1, 0.15) is 0 Å². The lowest BCUT2D eigenvalue weighted by molar-refractivity contribution is 0.286. The summed E-state index contributed by atoms with van der Waals surface area (Å²) < 4.78 is 21.6. The predicted molar refractivity (Wildman–Crippen MR) is 55.4 cm³/mol. The minimum atomic E-state index is -3.28. The second-order valence-electron chi connectivity index (χ2n) is 4.00. The molecule has 0 radical (unpaired) electrons. The largest absolute Gasteiger partial charge is 0.232 e. The summed E-state index contributed by atoms with van der Waals surface area (Å²) in [6.45, 7) is 2.20. The lowest BCUT2D eigenvalue weighted by Crippen LogP contribution is -2.19. The predicted octanol–water partition coefficient (Wildman–Crippen LogP) is 2.77. The van der Waals surface area contributed by atoms with Crippen molar-refractivity contribution in [2.45, 2.75) is 39.0 Å². The van der Waals surface area contributed by atoms with Crippen molar-refractivity contribution in [2.24, 2.45) is 11.8 Å². The van der Waals surface area contributed by atoms with Crippen LogP contribution in [0.25, 0.3) is 0 Å². The first kappa shape index (κ1) is 11.3. The highest BCUT2D eigenvalue weighted by Crippen LogP contribution is 2.31. The highest BCUT2D eigenvalue weighted by atomic mass is 35.7. The number of hydrogen-bond donors (Lipinski definition) is 0. The zero-order valence-electron chi connectivity index (χ0n) is 8.00. The van der Waals surface area contributed by atoms with E-state index in [9.17, 15) is 8.42 Å². The Morgan fingerprint density at radius 2 is 1.62 bits per heavy atom. The van der Waals surface area contributed by atoms with E-state index >= 15 is 0 Å². The molecular formula is C9H17ClO2S. The van der Waals surface area contributed by atoms with E-state index in [4.69, 9.17) is 10.7 Å². The first-order valence-corrected chi connectivity index (χ1v) is 7.41. The summed E-state index contributed by atoms with van der Waals surface area (Å²) in [5.74, 6) is 1.30. The Kier molecular flexibility index (Phi) is 4.05. The summed E-state index contributed by atoms with van der Waals surface area (Å²) >= 11 is 0. The van der Waals surface area contributed by atoms with Crippen LogP contribution in [-0.4, -0.2) is 14.2 Å². The Labute approximate surface area is 85.1 Å². The number of halogens is 1. The average Bonchev–Trinajstić information content (AvgIpc) is 2.03. The van der Waals surface area contributed by atoms with E-state index in [1.165, 1.54) is 19.3 Å². The first-order valence-electron chi connectivity index (χ1n) is 4.93. The van der Waals surface area contributed by atoms with E-state index in [0.717, 1.165) is 18.8 Å². The lowest BCUT2D eigenvalue weighted by Gasteiger charge is -2.26. The monoisotopic (exact) mass is 224 g/mol. The van der Waals surface area contributed by atoms with Gasteiger partial charge in [0.05, 0.1) is 5.75 Å². The van der Waals surface area contributed by atoms with Gasteiger partial charge in [0.25, 0.3) is 0 Å². The van der Waals surface area contributed by atoms with E-state index in [-0.39, 0.29) is 5.75 Å². The van der Waals surface area contributed by atoms with Gasteiger partial charge < -0.3 is 0 Å². The van der Waals surface area contributed by atoms with E-state index in [0.29, 0.717) is 5.92 Å². The fourth-order valence-corrected chi connectivity index (χ4v) is 3.52. The van der Waals surface area contributed by atoms with Crippen LogP contribution >= 0.6 is 10.7 Å². The average molecular weight is 225 g/mol. The molecule has 0 aromatic carbocycles. The molecule has 1 aliphatic carbocycles. The second kappa shape index (κ2) is 4.65. The van der Waals surface area contributed by atoms with Gasteiger partial charge in [0.2, 0.25) is 9.05 Å². The molecule has 1 fully saturated rings. The van der Waals surface area contributed by atoms with Crippen molar-refractivity contribution in [3.63, 3.8) is 0 Å². The lowest BCUT2D eigenvalue weighted by atomic mass is 9.82. The van der Waals surface area contributed by atoms with Gasteiger partial charge in [0.15, 0.2) is 0 Å². The molecule has 2 nitrogen and oxygen atoms in total. The summed E-state index contributed by atoms with van der Waals surface area (Å²) in [5.41, 5.74) is 0. The van der Waals surface area contributed by atoms with Gasteiger partial charge in [-0.05, 0) is 24.7 Å². The van der Waals surface area contributed by atoms with Crippen LogP contribution in [0, 0.1) is 11.8 Å². The summed E-state index contributed by atoms with van der Waals surface area (Å²) in [5, 5.41) is 0. The van der Waals surface area contributed by atoms with Gasteiger partial charge in [-0.15, -0.1) is 0 Å². The SMILES string of the molecule is CCC1CCC(CS(=O)(=O)Cl)CC1. The van der Waals surface area contributed by atoms with Gasteiger partial charge in [-0.25, -0.2) is 8.42 Å². The molecule has 1 rings (SSSR count). The van der Waals surface area contributed by atoms with Crippen LogP contribution in [0.15, 0.2) is 0 Å². The van der Waals surface area contributed by atoms with Gasteiger partial charge in [-0.3, -0.25) is 0 Å². The van der Waals surface area contributed by atoms with Crippen molar-refractivity contribution < 1.29 is 8.42 Å². The van der Waals surface area contributed by atoms with E-state index < -0.39 is 9.05 Å². The quantitative estimate of drug-likeness (QED) is 0.691. The molecule has 0 spiro atoms. The van der Waals surface area contributed by atoms with Gasteiger partial charge in [-0.2, -0.15) is 0 Å². The molecule has 0 bridgehead atoms. The summed E-state index contributed by atoms with van der Waals surface area (Å²) in [6, 6.07) is 0. The van der Waals surface area contributed by atoms with Crippen molar-refractivity contribution in [3.8, 4) is 0 Å². The molecule has 0 aromatic rings. The van der Waals surface area contributed by atoms with Crippen LogP contribution in [0.5, 0.6) is 0 Å². The van der Waals surface area contributed by atoms with Crippen LogP contribution in [0.3, 0.4) is 0 Å². The Hall–Kier alpha value is 0.240. The third kappa shape index (κ3) is 4.32. The van der Waals surface area contributed by atoms with Crippen LogP contribution in [0.1, 0.15) is 39.0 Å². The summed E-state index contributed by atoms with van der Waals surface area (Å²) in [4.78, 5) is 0. The molecule has 0 saturated heterocycles. The van der Waals surface area contributed by atoms with E-state index in [1.54, 1.807) is 0 Å². The second-order valence-corrected chi connectivity index (χ2v) is 6.82. The van der Waals surface area contributed by atoms with Crippen molar-refractivity contribution >= 4 is 19.7 Å². The normalized spacial score (nSPS) is 30.3. The third-order valence-corrected chi connectivity index (χ3v) is 4.23. The third-order valence-electron chi connectivity index (χ3n) is 2.98. The zero-order valence-corrected chi connectivity index (χ0v) is 9.57. The maximum Gasteiger partial charge on any atom is 0.232 e. The molecule has 0 unspecified atom stereocenters. The molecule has 1 saturated carbocycles. The smallest absolute Gasteiger partial charge is 0.212 e. The summed E-state index contributed by atoms with van der Waals surface area (Å²) in [7, 11) is 1.93. The van der Waals surface area contributed by atoms with Gasteiger partial charge in [-0.1, -0.05) is 26.2 Å². The zero-order chi connectivity index (χ0) is 9.90. The number of hydrogen-bond acceptors (Lipinski definition) is 2. The topological polar surface area (TPSA) is 34.1 Å². The Balaban J connectivity index is 2.33. The molecule has 78 valence electrons. The van der Waals surface area contributed by atoms with Gasteiger partial charge >= 0.3 is 0 Å². The Morgan fingerprint density at radius 3 is 2.00 bits per heavy atom. The maximum absolute atomic E-state index is 10.8. The minimum absolute atomic E-state index is 0.172. The van der Waals surface area contributed by atoms with Crippen molar-refractivity contribution in [1.82, 2.24) is 0 Å². The standard InChI is InChI=1S/C9H17ClO2S/c1-2-8-3-5-9(6-4-8)7-13(10,11)12/h8-9H,2-7H2,1H3. The molecule has 0 N–H and O–H groups in total. The molecule has 0 amide bonds. The molecule has 13 heavy (non-hydrogen) atoms.